The van der Waals surface area contributed by atoms with Gasteiger partial charge in [-0.15, -0.1) is 0 Å². The molecule has 0 saturated carbocycles. The fourth-order valence-corrected chi connectivity index (χ4v) is 3.14. The molecular formula is C22H21ClN4O2. The van der Waals surface area contributed by atoms with E-state index in [0.29, 0.717) is 28.6 Å². The molecule has 29 heavy (non-hydrogen) atoms. The molecule has 3 rings (SSSR count). The second-order valence-electron chi connectivity index (χ2n) is 6.52. The zero-order chi connectivity index (χ0) is 20.8. The lowest BCUT2D eigenvalue weighted by Gasteiger charge is -2.06. The number of aryl methyl sites for hydroxylation is 1. The number of halogens is 1. The minimum atomic E-state index is -0.309. The molecule has 0 aliphatic carbocycles. The molecule has 0 radical (unpaired) electrons. The van der Waals surface area contributed by atoms with Gasteiger partial charge < -0.3 is 10.6 Å². The maximum absolute atomic E-state index is 12.3. The number of benzene rings is 2. The summed E-state index contributed by atoms with van der Waals surface area (Å²) in [7, 11) is 0. The summed E-state index contributed by atoms with van der Waals surface area (Å²) in [5.41, 5.74) is 3.71. The number of nitrogens with one attached hydrogen (secondary N) is 2. The van der Waals surface area contributed by atoms with Crippen molar-refractivity contribution in [3.8, 4) is 0 Å². The van der Waals surface area contributed by atoms with Crippen LogP contribution in [0.4, 0.5) is 11.4 Å². The van der Waals surface area contributed by atoms with Gasteiger partial charge in [0, 0.05) is 29.9 Å². The highest BCUT2D eigenvalue weighted by atomic mass is 35.5. The first-order valence-corrected chi connectivity index (χ1v) is 9.43. The van der Waals surface area contributed by atoms with Gasteiger partial charge in [0.15, 0.2) is 0 Å². The Morgan fingerprint density at radius 3 is 2.45 bits per heavy atom. The van der Waals surface area contributed by atoms with Crippen LogP contribution in [-0.4, -0.2) is 21.6 Å². The van der Waals surface area contributed by atoms with Crippen molar-refractivity contribution < 1.29 is 9.59 Å². The van der Waals surface area contributed by atoms with Crippen molar-refractivity contribution in [2.24, 2.45) is 0 Å². The van der Waals surface area contributed by atoms with Gasteiger partial charge in [-0.05, 0) is 36.8 Å². The maximum Gasteiger partial charge on any atom is 0.248 e. The van der Waals surface area contributed by atoms with Crippen LogP contribution in [0.5, 0.6) is 0 Å². The zero-order valence-electron chi connectivity index (χ0n) is 16.1. The van der Waals surface area contributed by atoms with Crippen LogP contribution in [0.2, 0.25) is 5.15 Å². The molecular weight excluding hydrogens is 388 g/mol. The Morgan fingerprint density at radius 1 is 1.07 bits per heavy atom. The number of amides is 2. The second-order valence-corrected chi connectivity index (χ2v) is 6.88. The highest BCUT2D eigenvalue weighted by Gasteiger charge is 2.12. The largest absolute Gasteiger partial charge is 0.326 e. The summed E-state index contributed by atoms with van der Waals surface area (Å²) < 4.78 is 1.71. The molecule has 1 aromatic heterocycles. The predicted octanol–water partition coefficient (Wildman–Crippen LogP) is 4.50. The molecule has 1 heterocycles. The van der Waals surface area contributed by atoms with Crippen LogP contribution in [0, 0.1) is 6.92 Å². The Morgan fingerprint density at radius 2 is 1.76 bits per heavy atom. The van der Waals surface area contributed by atoms with Gasteiger partial charge >= 0.3 is 0 Å². The number of rotatable bonds is 6. The molecule has 0 saturated heterocycles. The Kier molecular flexibility index (Phi) is 6.46. The molecule has 2 amide bonds. The van der Waals surface area contributed by atoms with E-state index in [-0.39, 0.29) is 11.8 Å². The van der Waals surface area contributed by atoms with Crippen LogP contribution in [0.3, 0.4) is 0 Å². The molecule has 6 nitrogen and oxygen atoms in total. The first-order chi connectivity index (χ1) is 13.9. The van der Waals surface area contributed by atoms with E-state index in [1.807, 2.05) is 37.3 Å². The zero-order valence-corrected chi connectivity index (χ0v) is 16.9. The maximum atomic E-state index is 12.3. The molecule has 2 N–H and O–H groups in total. The van der Waals surface area contributed by atoms with Gasteiger partial charge in [-0.25, -0.2) is 4.68 Å². The predicted molar refractivity (Wildman–Crippen MR) is 116 cm³/mol. The van der Waals surface area contributed by atoms with Crippen molar-refractivity contribution >= 4 is 40.9 Å². The van der Waals surface area contributed by atoms with Gasteiger partial charge in [0.05, 0.1) is 12.2 Å². The third kappa shape index (κ3) is 5.56. The quantitative estimate of drug-likeness (QED) is 0.589. The van der Waals surface area contributed by atoms with E-state index in [9.17, 15) is 9.59 Å². The SMILES string of the molecule is CC(=O)Nc1cccc(NC(=O)/C=C/c2c(C)nn(Cc3ccccc3)c2Cl)c1. The summed E-state index contributed by atoms with van der Waals surface area (Å²) in [6.07, 6.45) is 3.06. The van der Waals surface area contributed by atoms with Gasteiger partial charge in [-0.3, -0.25) is 9.59 Å². The molecule has 3 aromatic rings. The minimum Gasteiger partial charge on any atom is -0.326 e. The van der Waals surface area contributed by atoms with Gasteiger partial charge in [0.25, 0.3) is 0 Å². The van der Waals surface area contributed by atoms with Gasteiger partial charge in [0.2, 0.25) is 11.8 Å². The summed E-state index contributed by atoms with van der Waals surface area (Å²) in [6, 6.07) is 16.8. The molecule has 2 aromatic carbocycles. The van der Waals surface area contributed by atoms with Crippen molar-refractivity contribution in [3.05, 3.63) is 82.6 Å². The van der Waals surface area contributed by atoms with Crippen LogP contribution in [0.15, 0.2) is 60.7 Å². The van der Waals surface area contributed by atoms with Crippen molar-refractivity contribution in [2.45, 2.75) is 20.4 Å². The highest BCUT2D eigenvalue weighted by Crippen LogP contribution is 2.22. The van der Waals surface area contributed by atoms with Crippen molar-refractivity contribution in [3.63, 3.8) is 0 Å². The van der Waals surface area contributed by atoms with Crippen molar-refractivity contribution in [1.29, 1.82) is 0 Å². The number of hydrogen-bond acceptors (Lipinski definition) is 3. The van der Waals surface area contributed by atoms with Crippen LogP contribution in [-0.2, 0) is 16.1 Å². The van der Waals surface area contributed by atoms with E-state index in [4.69, 9.17) is 11.6 Å². The third-order valence-electron chi connectivity index (χ3n) is 4.14. The topological polar surface area (TPSA) is 76.0 Å². The lowest BCUT2D eigenvalue weighted by atomic mass is 10.2. The number of carbonyl (C=O) groups is 2. The number of nitrogens with zero attached hydrogens (tertiary/aromatic N) is 2. The van der Waals surface area contributed by atoms with E-state index < -0.39 is 0 Å². The molecule has 148 valence electrons. The smallest absolute Gasteiger partial charge is 0.248 e. The summed E-state index contributed by atoms with van der Waals surface area (Å²) >= 11 is 6.47. The molecule has 0 fully saturated rings. The lowest BCUT2D eigenvalue weighted by Crippen LogP contribution is -2.09. The first-order valence-electron chi connectivity index (χ1n) is 9.06. The van der Waals surface area contributed by atoms with E-state index in [1.54, 1.807) is 35.0 Å². The van der Waals surface area contributed by atoms with Crippen molar-refractivity contribution in [1.82, 2.24) is 9.78 Å². The lowest BCUT2D eigenvalue weighted by molar-refractivity contribution is -0.114. The summed E-state index contributed by atoms with van der Waals surface area (Å²) in [6.45, 7) is 3.83. The summed E-state index contributed by atoms with van der Waals surface area (Å²) in [5, 5.41) is 10.4. The van der Waals surface area contributed by atoms with E-state index in [2.05, 4.69) is 15.7 Å². The Hall–Kier alpha value is -3.38. The fraction of sp³-hybridized carbons (Fsp3) is 0.136. The van der Waals surface area contributed by atoms with Crippen LogP contribution >= 0.6 is 11.6 Å². The van der Waals surface area contributed by atoms with Gasteiger partial charge in [-0.2, -0.15) is 5.10 Å². The monoisotopic (exact) mass is 408 g/mol. The Balaban J connectivity index is 1.69. The second kappa shape index (κ2) is 9.21. The molecule has 0 unspecified atom stereocenters. The van der Waals surface area contributed by atoms with E-state index in [0.717, 1.165) is 11.3 Å². The minimum absolute atomic E-state index is 0.175. The fourth-order valence-electron chi connectivity index (χ4n) is 2.84. The first kappa shape index (κ1) is 20.4. The molecule has 0 aliphatic heterocycles. The molecule has 0 aliphatic rings. The Bertz CT molecular complexity index is 1060. The van der Waals surface area contributed by atoms with E-state index in [1.165, 1.54) is 13.0 Å². The molecule has 0 bridgehead atoms. The van der Waals surface area contributed by atoms with E-state index >= 15 is 0 Å². The third-order valence-corrected chi connectivity index (χ3v) is 4.54. The van der Waals surface area contributed by atoms with Gasteiger partial charge in [0.1, 0.15) is 5.15 Å². The normalized spacial score (nSPS) is 10.9. The molecule has 0 atom stereocenters. The van der Waals surface area contributed by atoms with Crippen LogP contribution in [0.1, 0.15) is 23.7 Å². The van der Waals surface area contributed by atoms with Crippen LogP contribution < -0.4 is 10.6 Å². The summed E-state index contributed by atoms with van der Waals surface area (Å²) in [5.74, 6) is -0.484. The number of aromatic nitrogens is 2. The Labute approximate surface area is 174 Å². The van der Waals surface area contributed by atoms with Crippen molar-refractivity contribution in [2.75, 3.05) is 10.6 Å². The number of carbonyl (C=O) groups excluding carboxylic acids is 2. The molecule has 7 heteroatoms. The van der Waals surface area contributed by atoms with Gasteiger partial charge in [-0.1, -0.05) is 48.0 Å². The number of hydrogen-bond donors (Lipinski definition) is 2. The summed E-state index contributed by atoms with van der Waals surface area (Å²) in [4.78, 5) is 23.4. The standard InChI is InChI=1S/C22H21ClN4O2/c1-15-20(22(23)27(26-15)14-17-7-4-3-5-8-17)11-12-21(29)25-19-10-6-9-18(13-19)24-16(2)28/h3-13H,14H2,1-2H3,(H,24,28)(H,25,29)/b12-11+. The average molecular weight is 409 g/mol. The molecule has 0 spiro atoms. The van der Waals surface area contributed by atoms with Crippen LogP contribution in [0.25, 0.3) is 6.08 Å². The number of anilines is 2. The highest BCUT2D eigenvalue weighted by molar-refractivity contribution is 6.31. The average Bonchev–Trinajstić information content (AvgIpc) is 2.93.